The largest absolute Gasteiger partial charge is 0.261 e. The summed E-state index contributed by atoms with van der Waals surface area (Å²) in [7, 11) is 0. The minimum atomic E-state index is 0.861. The highest BCUT2D eigenvalue weighted by Crippen LogP contribution is 2.19. The van der Waals surface area contributed by atoms with E-state index in [1.165, 1.54) is 11.1 Å². The summed E-state index contributed by atoms with van der Waals surface area (Å²) in [5, 5.41) is 0. The van der Waals surface area contributed by atoms with Crippen molar-refractivity contribution in [1.29, 1.82) is 0 Å². The van der Waals surface area contributed by atoms with Crippen molar-refractivity contribution in [2.75, 3.05) is 0 Å². The predicted molar refractivity (Wildman–Crippen MR) is 82.8 cm³/mol. The van der Waals surface area contributed by atoms with Gasteiger partial charge in [0.15, 0.2) is 0 Å². The predicted octanol–water partition coefficient (Wildman–Crippen LogP) is 4.31. The summed E-state index contributed by atoms with van der Waals surface area (Å²) in [5.74, 6) is 0. The van der Waals surface area contributed by atoms with Gasteiger partial charge in [-0.2, -0.15) is 0 Å². The van der Waals surface area contributed by atoms with Crippen LogP contribution in [-0.2, 0) is 0 Å². The molecule has 0 amide bonds. The van der Waals surface area contributed by atoms with Gasteiger partial charge < -0.3 is 0 Å². The minimum absolute atomic E-state index is 0.861. The van der Waals surface area contributed by atoms with Crippen molar-refractivity contribution in [2.24, 2.45) is 0 Å². The van der Waals surface area contributed by atoms with E-state index in [9.17, 15) is 0 Å². The van der Waals surface area contributed by atoms with E-state index >= 15 is 0 Å². The molecule has 0 bridgehead atoms. The Bertz CT molecular complexity index is 687. The van der Waals surface area contributed by atoms with E-state index in [-0.39, 0.29) is 0 Å². The zero-order valence-corrected chi connectivity index (χ0v) is 11.0. The number of nitrogens with zero attached hydrogens (tertiary/aromatic N) is 2. The summed E-state index contributed by atoms with van der Waals surface area (Å²) in [5.41, 5.74) is 4.47. The molecule has 20 heavy (non-hydrogen) atoms. The van der Waals surface area contributed by atoms with Gasteiger partial charge in [0, 0.05) is 12.4 Å². The van der Waals surface area contributed by atoms with E-state index in [1.54, 1.807) is 18.6 Å². The van der Waals surface area contributed by atoms with Crippen LogP contribution in [0.15, 0.2) is 73.2 Å². The maximum absolute atomic E-state index is 4.21. The fourth-order valence-electron chi connectivity index (χ4n) is 2.00. The number of hydrogen-bond acceptors (Lipinski definition) is 2. The van der Waals surface area contributed by atoms with Crippen molar-refractivity contribution < 1.29 is 0 Å². The highest BCUT2D eigenvalue weighted by Gasteiger charge is 1.95. The number of aromatic nitrogens is 2. The highest BCUT2D eigenvalue weighted by atomic mass is 14.7. The lowest BCUT2D eigenvalue weighted by Crippen LogP contribution is -1.81. The van der Waals surface area contributed by atoms with Gasteiger partial charge in [-0.15, -0.1) is 0 Å². The molecule has 0 aliphatic rings. The van der Waals surface area contributed by atoms with Crippen LogP contribution in [0.25, 0.3) is 23.3 Å². The standard InChI is InChI=1S/C18H14N2/c1-2-4-16(5-3-1)17-9-6-15(7-10-17)8-11-18-14-19-12-13-20-18/h1-14H. The third-order valence-electron chi connectivity index (χ3n) is 3.05. The van der Waals surface area contributed by atoms with Gasteiger partial charge in [-0.05, 0) is 22.8 Å². The first kappa shape index (κ1) is 12.3. The van der Waals surface area contributed by atoms with Crippen molar-refractivity contribution in [3.8, 4) is 11.1 Å². The van der Waals surface area contributed by atoms with Crippen LogP contribution in [0.2, 0.25) is 0 Å². The second kappa shape index (κ2) is 5.93. The van der Waals surface area contributed by atoms with Gasteiger partial charge in [-0.25, -0.2) is 0 Å². The van der Waals surface area contributed by atoms with Crippen molar-refractivity contribution in [3.05, 3.63) is 84.4 Å². The zero-order chi connectivity index (χ0) is 13.6. The molecule has 0 aliphatic heterocycles. The zero-order valence-electron chi connectivity index (χ0n) is 11.0. The monoisotopic (exact) mass is 258 g/mol. The van der Waals surface area contributed by atoms with E-state index in [1.807, 2.05) is 18.2 Å². The molecule has 0 spiro atoms. The first-order valence-electron chi connectivity index (χ1n) is 6.51. The van der Waals surface area contributed by atoms with Crippen LogP contribution in [0.5, 0.6) is 0 Å². The Kier molecular flexibility index (Phi) is 3.65. The van der Waals surface area contributed by atoms with Crippen LogP contribution in [0.1, 0.15) is 11.3 Å². The summed E-state index contributed by atoms with van der Waals surface area (Å²) >= 11 is 0. The molecule has 2 nitrogen and oxygen atoms in total. The van der Waals surface area contributed by atoms with Crippen LogP contribution in [-0.4, -0.2) is 9.97 Å². The Hall–Kier alpha value is -2.74. The molecule has 3 rings (SSSR count). The molecule has 0 saturated carbocycles. The Morgan fingerprint density at radius 2 is 1.45 bits per heavy atom. The lowest BCUT2D eigenvalue weighted by molar-refractivity contribution is 1.18. The Morgan fingerprint density at radius 1 is 0.700 bits per heavy atom. The minimum Gasteiger partial charge on any atom is -0.261 e. The number of rotatable bonds is 3. The molecule has 2 heteroatoms. The van der Waals surface area contributed by atoms with Gasteiger partial charge in [0.25, 0.3) is 0 Å². The first-order valence-corrected chi connectivity index (χ1v) is 6.51. The van der Waals surface area contributed by atoms with Gasteiger partial charge >= 0.3 is 0 Å². The second-order valence-corrected chi connectivity index (χ2v) is 4.45. The number of benzene rings is 2. The SMILES string of the molecule is C(=Cc1cnccn1)c1ccc(-c2ccccc2)cc1. The summed E-state index contributed by atoms with van der Waals surface area (Å²) < 4.78 is 0. The van der Waals surface area contributed by atoms with Crippen molar-refractivity contribution in [3.63, 3.8) is 0 Å². The van der Waals surface area contributed by atoms with E-state index in [0.717, 1.165) is 11.3 Å². The van der Waals surface area contributed by atoms with Gasteiger partial charge in [0.1, 0.15) is 0 Å². The third-order valence-corrected chi connectivity index (χ3v) is 3.05. The maximum atomic E-state index is 4.21. The average molecular weight is 258 g/mol. The summed E-state index contributed by atoms with van der Waals surface area (Å²) in [6.07, 6.45) is 9.11. The van der Waals surface area contributed by atoms with Crippen LogP contribution < -0.4 is 0 Å². The molecule has 0 fully saturated rings. The van der Waals surface area contributed by atoms with E-state index < -0.39 is 0 Å². The topological polar surface area (TPSA) is 25.8 Å². The van der Waals surface area contributed by atoms with Gasteiger partial charge in [0.05, 0.1) is 11.9 Å². The fraction of sp³-hybridized carbons (Fsp3) is 0. The quantitative estimate of drug-likeness (QED) is 0.699. The molecule has 3 aromatic rings. The molecule has 0 N–H and O–H groups in total. The molecule has 0 radical (unpaired) electrons. The molecule has 0 saturated heterocycles. The molecule has 1 aromatic heterocycles. The smallest absolute Gasteiger partial charge is 0.0813 e. The molecule has 2 aromatic carbocycles. The summed E-state index contributed by atoms with van der Waals surface area (Å²) in [4.78, 5) is 8.25. The maximum Gasteiger partial charge on any atom is 0.0813 e. The summed E-state index contributed by atoms with van der Waals surface area (Å²) in [6, 6.07) is 18.8. The molecule has 0 unspecified atom stereocenters. The lowest BCUT2D eigenvalue weighted by atomic mass is 10.0. The molecule has 96 valence electrons. The molecule has 0 aliphatic carbocycles. The second-order valence-electron chi connectivity index (χ2n) is 4.45. The third kappa shape index (κ3) is 2.98. The Balaban J connectivity index is 1.79. The van der Waals surface area contributed by atoms with Crippen molar-refractivity contribution in [1.82, 2.24) is 9.97 Å². The van der Waals surface area contributed by atoms with Crippen LogP contribution in [0.4, 0.5) is 0 Å². The number of hydrogen-bond donors (Lipinski definition) is 0. The van der Waals surface area contributed by atoms with Gasteiger partial charge in [-0.3, -0.25) is 9.97 Å². The van der Waals surface area contributed by atoms with Crippen molar-refractivity contribution >= 4 is 12.2 Å². The van der Waals surface area contributed by atoms with E-state index in [0.29, 0.717) is 0 Å². The first-order chi connectivity index (χ1) is 9.92. The van der Waals surface area contributed by atoms with Crippen LogP contribution in [0, 0.1) is 0 Å². The average Bonchev–Trinajstić information content (AvgIpc) is 2.55. The van der Waals surface area contributed by atoms with Gasteiger partial charge in [-0.1, -0.05) is 60.7 Å². The molecule has 1 heterocycles. The highest BCUT2D eigenvalue weighted by molar-refractivity contribution is 5.70. The van der Waals surface area contributed by atoms with Crippen LogP contribution >= 0.6 is 0 Å². The Labute approximate surface area is 118 Å². The van der Waals surface area contributed by atoms with E-state index in [4.69, 9.17) is 0 Å². The lowest BCUT2D eigenvalue weighted by Gasteiger charge is -2.01. The normalized spacial score (nSPS) is 10.8. The van der Waals surface area contributed by atoms with Gasteiger partial charge in [0.2, 0.25) is 0 Å². The molecular formula is C18H14N2. The van der Waals surface area contributed by atoms with Crippen molar-refractivity contribution in [2.45, 2.75) is 0 Å². The fourth-order valence-corrected chi connectivity index (χ4v) is 2.00. The molecular weight excluding hydrogens is 244 g/mol. The van der Waals surface area contributed by atoms with Crippen LogP contribution in [0.3, 0.4) is 0 Å². The Morgan fingerprint density at radius 3 is 2.15 bits per heavy atom. The molecule has 0 atom stereocenters. The summed E-state index contributed by atoms with van der Waals surface area (Å²) in [6.45, 7) is 0. The van der Waals surface area contributed by atoms with E-state index in [2.05, 4.69) is 58.5 Å².